The smallest absolute Gasteiger partial charge is 0.0737 e. The van der Waals surface area contributed by atoms with Gasteiger partial charge in [0.2, 0.25) is 0 Å². The number of hydrogen-bond acceptors (Lipinski definition) is 2. The van der Waals surface area contributed by atoms with Gasteiger partial charge in [-0.25, -0.2) is 0 Å². The highest BCUT2D eigenvalue weighted by molar-refractivity contribution is 5.20. The zero-order valence-corrected chi connectivity index (χ0v) is 11.0. The summed E-state index contributed by atoms with van der Waals surface area (Å²) in [5.74, 6) is 0.965. The number of rotatable bonds is 2. The predicted octanol–water partition coefficient (Wildman–Crippen LogP) is 3.04. The molecule has 2 fully saturated rings. The number of pyridine rings is 1. The van der Waals surface area contributed by atoms with Gasteiger partial charge in [-0.15, -0.1) is 0 Å². The third-order valence-electron chi connectivity index (χ3n) is 4.80. The molecule has 1 heterocycles. The summed E-state index contributed by atoms with van der Waals surface area (Å²) in [6, 6.07) is 6.06. The lowest BCUT2D eigenvalue weighted by Gasteiger charge is -2.29. The molecule has 0 spiro atoms. The fraction of sp³-hybridized carbons (Fsp3) is 0.562. The van der Waals surface area contributed by atoms with Crippen LogP contribution >= 0.6 is 0 Å². The van der Waals surface area contributed by atoms with E-state index in [1.54, 1.807) is 0 Å². The number of allylic oxidation sites excluding steroid dienone is 1. The highest BCUT2D eigenvalue weighted by Crippen LogP contribution is 2.52. The summed E-state index contributed by atoms with van der Waals surface area (Å²) in [4.78, 5) is 4.53. The van der Waals surface area contributed by atoms with Crippen LogP contribution in [0.1, 0.15) is 37.1 Å². The van der Waals surface area contributed by atoms with Gasteiger partial charge in [0.05, 0.1) is 5.60 Å². The van der Waals surface area contributed by atoms with Gasteiger partial charge in [0.15, 0.2) is 0 Å². The average molecular weight is 243 g/mol. The molecule has 96 valence electrons. The van der Waals surface area contributed by atoms with E-state index in [0.717, 1.165) is 37.1 Å². The second-order valence-electron chi connectivity index (χ2n) is 6.00. The second-order valence-corrected chi connectivity index (χ2v) is 6.00. The molecule has 18 heavy (non-hydrogen) atoms. The van der Waals surface area contributed by atoms with Crippen LogP contribution in [0.4, 0.5) is 0 Å². The van der Waals surface area contributed by atoms with Crippen LogP contribution < -0.4 is 0 Å². The van der Waals surface area contributed by atoms with E-state index >= 15 is 0 Å². The fourth-order valence-electron chi connectivity index (χ4n) is 3.88. The Morgan fingerprint density at radius 1 is 1.44 bits per heavy atom. The van der Waals surface area contributed by atoms with Crippen molar-refractivity contribution in [2.24, 2.45) is 11.8 Å². The minimum atomic E-state index is -0.551. The van der Waals surface area contributed by atoms with E-state index in [1.807, 2.05) is 25.1 Å². The Labute approximate surface area is 109 Å². The standard InChI is InChI=1S/C16H21NO/c1-11-6-7-15-14(11)8-9-16(15,18)10-13-5-3-4-12(2)17-13/h3-5,14-15,18H,1,6-10H2,2H3/t14-,15+,16+/m1/s1. The van der Waals surface area contributed by atoms with Crippen molar-refractivity contribution in [3.05, 3.63) is 41.7 Å². The van der Waals surface area contributed by atoms with Crippen LogP contribution in [0.5, 0.6) is 0 Å². The lowest BCUT2D eigenvalue weighted by atomic mass is 9.83. The lowest BCUT2D eigenvalue weighted by molar-refractivity contribution is -0.00165. The van der Waals surface area contributed by atoms with Gasteiger partial charge in [-0.05, 0) is 56.6 Å². The molecule has 2 heteroatoms. The van der Waals surface area contributed by atoms with Crippen molar-refractivity contribution in [3.63, 3.8) is 0 Å². The zero-order chi connectivity index (χ0) is 12.8. The van der Waals surface area contributed by atoms with Crippen LogP contribution in [0.25, 0.3) is 0 Å². The number of aliphatic hydroxyl groups is 1. The Bertz CT molecular complexity index is 482. The number of fused-ring (bicyclic) bond motifs is 1. The molecule has 2 saturated carbocycles. The van der Waals surface area contributed by atoms with E-state index in [4.69, 9.17) is 0 Å². The van der Waals surface area contributed by atoms with E-state index in [2.05, 4.69) is 11.6 Å². The normalized spacial score (nSPS) is 34.9. The first-order chi connectivity index (χ1) is 8.58. The van der Waals surface area contributed by atoms with Crippen molar-refractivity contribution in [3.8, 4) is 0 Å². The van der Waals surface area contributed by atoms with Crippen molar-refractivity contribution >= 4 is 0 Å². The zero-order valence-electron chi connectivity index (χ0n) is 11.0. The second kappa shape index (κ2) is 4.20. The molecule has 1 aromatic rings. The van der Waals surface area contributed by atoms with Crippen LogP contribution in [0.15, 0.2) is 30.4 Å². The number of aromatic nitrogens is 1. The Morgan fingerprint density at radius 2 is 2.28 bits per heavy atom. The maximum atomic E-state index is 10.9. The van der Waals surface area contributed by atoms with E-state index in [-0.39, 0.29) is 0 Å². The molecule has 2 nitrogen and oxygen atoms in total. The first kappa shape index (κ1) is 11.9. The molecule has 2 aliphatic carbocycles. The molecule has 2 aliphatic rings. The minimum Gasteiger partial charge on any atom is -0.389 e. The van der Waals surface area contributed by atoms with Crippen LogP contribution in [-0.2, 0) is 6.42 Å². The molecular formula is C16H21NO. The quantitative estimate of drug-likeness (QED) is 0.810. The van der Waals surface area contributed by atoms with E-state index in [9.17, 15) is 5.11 Å². The van der Waals surface area contributed by atoms with Crippen LogP contribution in [-0.4, -0.2) is 15.7 Å². The SMILES string of the molecule is C=C1CC[C@H]2[C@@H]1CC[C@]2(O)Cc1cccc(C)n1. The Balaban J connectivity index is 1.82. The average Bonchev–Trinajstić information content (AvgIpc) is 2.83. The first-order valence-electron chi connectivity index (χ1n) is 6.91. The topological polar surface area (TPSA) is 33.1 Å². The summed E-state index contributed by atoms with van der Waals surface area (Å²) in [5.41, 5.74) is 2.86. The summed E-state index contributed by atoms with van der Waals surface area (Å²) in [5, 5.41) is 10.9. The van der Waals surface area contributed by atoms with Crippen LogP contribution in [0.3, 0.4) is 0 Å². The molecule has 1 aromatic heterocycles. The van der Waals surface area contributed by atoms with Gasteiger partial charge in [-0.3, -0.25) is 4.98 Å². The Kier molecular flexibility index (Phi) is 2.78. The molecule has 0 amide bonds. The summed E-state index contributed by atoms with van der Waals surface area (Å²) in [6.07, 6.45) is 4.90. The summed E-state index contributed by atoms with van der Waals surface area (Å²) >= 11 is 0. The molecule has 0 saturated heterocycles. The molecule has 1 N–H and O–H groups in total. The highest BCUT2D eigenvalue weighted by atomic mass is 16.3. The van der Waals surface area contributed by atoms with Crippen molar-refractivity contribution in [1.29, 1.82) is 0 Å². The molecule has 0 bridgehead atoms. The number of hydrogen-bond donors (Lipinski definition) is 1. The Morgan fingerprint density at radius 3 is 3.06 bits per heavy atom. The largest absolute Gasteiger partial charge is 0.389 e. The van der Waals surface area contributed by atoms with Crippen molar-refractivity contribution in [2.45, 2.75) is 44.6 Å². The maximum Gasteiger partial charge on any atom is 0.0737 e. The van der Waals surface area contributed by atoms with E-state index in [0.29, 0.717) is 18.3 Å². The van der Waals surface area contributed by atoms with E-state index < -0.39 is 5.60 Å². The lowest BCUT2D eigenvalue weighted by Crippen LogP contribution is -2.36. The van der Waals surface area contributed by atoms with Gasteiger partial charge in [0.25, 0.3) is 0 Å². The van der Waals surface area contributed by atoms with Crippen molar-refractivity contribution < 1.29 is 5.11 Å². The van der Waals surface area contributed by atoms with E-state index in [1.165, 1.54) is 5.57 Å². The minimum absolute atomic E-state index is 0.410. The highest BCUT2D eigenvalue weighted by Gasteiger charge is 2.50. The summed E-state index contributed by atoms with van der Waals surface area (Å²) in [7, 11) is 0. The first-order valence-corrected chi connectivity index (χ1v) is 6.91. The fourth-order valence-corrected chi connectivity index (χ4v) is 3.88. The van der Waals surface area contributed by atoms with Gasteiger partial charge in [-0.2, -0.15) is 0 Å². The molecule has 0 radical (unpaired) electrons. The molecule has 0 unspecified atom stereocenters. The summed E-state index contributed by atoms with van der Waals surface area (Å²) < 4.78 is 0. The Hall–Kier alpha value is -1.15. The van der Waals surface area contributed by atoms with Gasteiger partial charge in [0, 0.05) is 17.8 Å². The third-order valence-corrected chi connectivity index (χ3v) is 4.80. The third kappa shape index (κ3) is 1.89. The molecule has 3 rings (SSSR count). The molecule has 0 aliphatic heterocycles. The summed E-state index contributed by atoms with van der Waals surface area (Å²) in [6.45, 7) is 6.16. The van der Waals surface area contributed by atoms with Gasteiger partial charge >= 0.3 is 0 Å². The van der Waals surface area contributed by atoms with Crippen molar-refractivity contribution in [2.75, 3.05) is 0 Å². The molecule has 0 aromatic carbocycles. The van der Waals surface area contributed by atoms with Gasteiger partial charge in [-0.1, -0.05) is 18.2 Å². The van der Waals surface area contributed by atoms with Crippen LogP contribution in [0.2, 0.25) is 0 Å². The monoisotopic (exact) mass is 243 g/mol. The maximum absolute atomic E-state index is 10.9. The number of aryl methyl sites for hydroxylation is 1. The number of nitrogens with zero attached hydrogens (tertiary/aromatic N) is 1. The van der Waals surface area contributed by atoms with Crippen LogP contribution in [0, 0.1) is 18.8 Å². The van der Waals surface area contributed by atoms with Gasteiger partial charge < -0.3 is 5.11 Å². The predicted molar refractivity (Wildman–Crippen MR) is 72.2 cm³/mol. The van der Waals surface area contributed by atoms with Crippen molar-refractivity contribution in [1.82, 2.24) is 4.98 Å². The molecule has 3 atom stereocenters. The molecular weight excluding hydrogens is 222 g/mol. The van der Waals surface area contributed by atoms with Gasteiger partial charge in [0.1, 0.15) is 0 Å².